The van der Waals surface area contributed by atoms with Crippen molar-refractivity contribution in [2.75, 3.05) is 13.1 Å². The van der Waals surface area contributed by atoms with Crippen LogP contribution >= 0.6 is 33.9 Å². The average Bonchev–Trinajstić information content (AvgIpc) is 3.78. The largest absolute Gasteiger partial charge is 0.457 e. The van der Waals surface area contributed by atoms with Crippen molar-refractivity contribution >= 4 is 51.6 Å². The van der Waals surface area contributed by atoms with Crippen LogP contribution in [0.25, 0.3) is 11.4 Å². The molecule has 3 heterocycles. The summed E-state index contributed by atoms with van der Waals surface area (Å²) in [6.07, 6.45) is 2.21. The summed E-state index contributed by atoms with van der Waals surface area (Å²) in [7, 11) is 0. The Balaban J connectivity index is 1.18. The summed E-state index contributed by atoms with van der Waals surface area (Å²) in [5, 5.41) is 7.33. The third-order valence-electron chi connectivity index (χ3n) is 6.92. The number of hydrogen-bond acceptors (Lipinski definition) is 7. The molecule has 0 unspecified atom stereocenters. The van der Waals surface area contributed by atoms with Gasteiger partial charge < -0.3 is 30.0 Å². The number of nitrogens with zero attached hydrogens (tertiary/aromatic N) is 2. The van der Waals surface area contributed by atoms with Crippen LogP contribution in [0.1, 0.15) is 34.6 Å². The lowest BCUT2D eigenvalue weighted by Crippen LogP contribution is -2.49. The van der Waals surface area contributed by atoms with Gasteiger partial charge in [-0.2, -0.15) is 8.78 Å². The fraction of sp³-hybridized carbons (Fsp3) is 0.267. The molecular weight excluding hydrogens is 707 g/mol. The number of benzene rings is 2. The molecule has 3 atom stereocenters. The number of alkyl halides is 2. The molecule has 230 valence electrons. The molecule has 2 aromatic heterocycles. The topological polar surface area (TPSA) is 126 Å². The highest BCUT2D eigenvalue weighted by Gasteiger charge is 2.41. The van der Waals surface area contributed by atoms with Crippen molar-refractivity contribution in [1.82, 2.24) is 25.5 Å². The number of carbonyl (C=O) groups excluding carboxylic acids is 3. The van der Waals surface area contributed by atoms with Gasteiger partial charge in [0, 0.05) is 50.3 Å². The highest BCUT2D eigenvalue weighted by Crippen LogP contribution is 2.29. The summed E-state index contributed by atoms with van der Waals surface area (Å²) in [4.78, 5) is 48.5. The van der Waals surface area contributed by atoms with Crippen LogP contribution in [0, 0.1) is 3.57 Å². The van der Waals surface area contributed by atoms with Gasteiger partial charge in [0.15, 0.2) is 0 Å². The fourth-order valence-corrected chi connectivity index (χ4v) is 6.01. The molecule has 14 heteroatoms. The molecule has 0 aliphatic carbocycles. The zero-order valence-electron chi connectivity index (χ0n) is 23.3. The third kappa shape index (κ3) is 7.98. The predicted octanol–water partition coefficient (Wildman–Crippen LogP) is 5.35. The van der Waals surface area contributed by atoms with Crippen molar-refractivity contribution in [3.05, 3.63) is 86.4 Å². The number of ether oxygens (including phenoxy) is 2. The van der Waals surface area contributed by atoms with Crippen LogP contribution in [0.15, 0.2) is 72.4 Å². The lowest BCUT2D eigenvalue weighted by molar-refractivity contribution is -0.160. The fourth-order valence-electron chi connectivity index (χ4n) is 4.75. The van der Waals surface area contributed by atoms with E-state index in [1.165, 1.54) is 16.2 Å². The third-order valence-corrected chi connectivity index (χ3v) is 8.76. The molecule has 4 aromatic rings. The molecule has 10 nitrogen and oxygen atoms in total. The number of rotatable bonds is 11. The van der Waals surface area contributed by atoms with Crippen LogP contribution in [0.2, 0.25) is 0 Å². The lowest BCUT2D eigenvalue weighted by atomic mass is 10.1. The van der Waals surface area contributed by atoms with Gasteiger partial charge in [-0.15, -0.1) is 11.3 Å². The molecule has 1 fully saturated rings. The summed E-state index contributed by atoms with van der Waals surface area (Å²) in [5.74, 6) is 0.256. The first-order chi connectivity index (χ1) is 21.2. The van der Waals surface area contributed by atoms with E-state index < -0.39 is 49.1 Å². The number of halogens is 3. The van der Waals surface area contributed by atoms with E-state index in [0.717, 1.165) is 14.0 Å². The molecule has 44 heavy (non-hydrogen) atoms. The van der Waals surface area contributed by atoms with Gasteiger partial charge in [0.1, 0.15) is 23.4 Å². The van der Waals surface area contributed by atoms with E-state index in [0.29, 0.717) is 22.9 Å². The summed E-state index contributed by atoms with van der Waals surface area (Å²) < 4.78 is 37.5. The number of imidazole rings is 1. The second-order valence-electron chi connectivity index (χ2n) is 9.99. The Morgan fingerprint density at radius 2 is 1.84 bits per heavy atom. The Hall–Kier alpha value is -3.89. The van der Waals surface area contributed by atoms with Crippen molar-refractivity contribution < 1.29 is 32.6 Å². The molecule has 0 bridgehead atoms. The van der Waals surface area contributed by atoms with Gasteiger partial charge in [-0.25, -0.2) is 4.98 Å². The molecule has 1 saturated heterocycles. The van der Waals surface area contributed by atoms with Crippen LogP contribution in [0.4, 0.5) is 8.78 Å². The minimum Gasteiger partial charge on any atom is -0.457 e. The van der Waals surface area contributed by atoms with Crippen LogP contribution < -0.4 is 15.4 Å². The lowest BCUT2D eigenvalue weighted by Gasteiger charge is -2.25. The normalized spacial score (nSPS) is 17.0. The standard InChI is InChI=1S/C30H28F2IN5O5S/c1-17(25-12-19(16-44-25)27-34-10-11-35-27)37-29(41)24-13-23(43-30(31)32)15-38(24)26(39)14-36-28(40)18-2-6-21(7-3-18)42-22-8-4-20(33)5-9-22/h2-12,16-17,23-24,30H,13-15H2,1H3,(H,34,35)(H,36,40)(H,37,41)/t17-,23-,24+/m1/s1. The summed E-state index contributed by atoms with van der Waals surface area (Å²) in [6, 6.07) is 14.3. The Kier molecular flexibility index (Phi) is 10.2. The van der Waals surface area contributed by atoms with Gasteiger partial charge in [0.2, 0.25) is 11.8 Å². The van der Waals surface area contributed by atoms with E-state index in [-0.39, 0.29) is 13.0 Å². The maximum absolute atomic E-state index is 13.3. The zero-order valence-corrected chi connectivity index (χ0v) is 26.3. The number of likely N-dealkylation sites (tertiary alicyclic amines) is 1. The minimum absolute atomic E-state index is 0.104. The number of hydrogen-bond donors (Lipinski definition) is 3. The van der Waals surface area contributed by atoms with Gasteiger partial charge in [-0.1, -0.05) is 0 Å². The first-order valence-corrected chi connectivity index (χ1v) is 15.6. The van der Waals surface area contributed by atoms with E-state index in [1.807, 2.05) is 35.7 Å². The highest BCUT2D eigenvalue weighted by atomic mass is 127. The predicted molar refractivity (Wildman–Crippen MR) is 167 cm³/mol. The molecule has 1 aliphatic rings. The van der Waals surface area contributed by atoms with Crippen molar-refractivity contribution in [3.8, 4) is 22.9 Å². The Morgan fingerprint density at radius 1 is 1.14 bits per heavy atom. The van der Waals surface area contributed by atoms with Crippen molar-refractivity contribution in [2.24, 2.45) is 0 Å². The Labute approximate surface area is 269 Å². The number of aromatic amines is 1. The smallest absolute Gasteiger partial charge is 0.345 e. The average molecular weight is 736 g/mol. The van der Waals surface area contributed by atoms with E-state index in [4.69, 9.17) is 4.74 Å². The number of nitrogens with one attached hydrogen (secondary N) is 3. The highest BCUT2D eigenvalue weighted by molar-refractivity contribution is 14.1. The van der Waals surface area contributed by atoms with E-state index in [2.05, 4.69) is 47.9 Å². The van der Waals surface area contributed by atoms with Crippen LogP contribution in [-0.4, -0.2) is 64.4 Å². The first-order valence-electron chi connectivity index (χ1n) is 13.6. The van der Waals surface area contributed by atoms with Gasteiger partial charge in [-0.05, 0) is 84.1 Å². The second kappa shape index (κ2) is 14.3. The first kappa shape index (κ1) is 31.5. The molecule has 1 aliphatic heterocycles. The summed E-state index contributed by atoms with van der Waals surface area (Å²) >= 11 is 3.63. The van der Waals surface area contributed by atoms with Gasteiger partial charge >= 0.3 is 6.61 Å². The molecule has 0 saturated carbocycles. The molecule has 0 radical (unpaired) electrons. The molecule has 2 aromatic carbocycles. The zero-order chi connectivity index (χ0) is 31.2. The van der Waals surface area contributed by atoms with Crippen molar-refractivity contribution in [1.29, 1.82) is 0 Å². The number of thiophene rings is 1. The van der Waals surface area contributed by atoms with Gasteiger partial charge in [-0.3, -0.25) is 14.4 Å². The van der Waals surface area contributed by atoms with E-state index in [1.54, 1.807) is 43.6 Å². The van der Waals surface area contributed by atoms with Crippen LogP contribution in [0.5, 0.6) is 11.5 Å². The van der Waals surface area contributed by atoms with Crippen LogP contribution in [-0.2, 0) is 14.3 Å². The summed E-state index contributed by atoms with van der Waals surface area (Å²) in [6.45, 7) is -1.91. The molecule has 3 amide bonds. The number of H-pyrrole nitrogens is 1. The maximum atomic E-state index is 13.3. The second-order valence-corrected chi connectivity index (χ2v) is 12.2. The number of aromatic nitrogens is 2. The van der Waals surface area contributed by atoms with Crippen molar-refractivity contribution in [3.63, 3.8) is 0 Å². The minimum atomic E-state index is -3.05. The Bertz CT molecular complexity index is 1580. The van der Waals surface area contributed by atoms with Gasteiger partial charge in [0.25, 0.3) is 5.91 Å². The summed E-state index contributed by atoms with van der Waals surface area (Å²) in [5.41, 5.74) is 1.16. The molecule has 0 spiro atoms. The van der Waals surface area contributed by atoms with Gasteiger partial charge in [0.05, 0.1) is 18.7 Å². The van der Waals surface area contributed by atoms with E-state index in [9.17, 15) is 23.2 Å². The Morgan fingerprint density at radius 3 is 2.50 bits per heavy atom. The maximum Gasteiger partial charge on any atom is 0.345 e. The number of amides is 3. The number of carbonyl (C=O) groups is 3. The monoisotopic (exact) mass is 735 g/mol. The quantitative estimate of drug-likeness (QED) is 0.179. The molecule has 5 rings (SSSR count). The van der Waals surface area contributed by atoms with E-state index >= 15 is 0 Å². The SMILES string of the molecule is C[C@@H](NC(=O)[C@@H]1C[C@@H](OC(F)F)CN1C(=O)CNC(=O)c1ccc(Oc2ccc(I)cc2)cc1)c1cc(-c2ncc[nH]2)cs1. The van der Waals surface area contributed by atoms with Crippen molar-refractivity contribution in [2.45, 2.75) is 38.1 Å². The molecular formula is C30H28F2IN5O5S. The van der Waals surface area contributed by atoms with Crippen LogP contribution in [0.3, 0.4) is 0 Å². The molecule has 3 N–H and O–H groups in total.